The lowest BCUT2D eigenvalue weighted by atomic mass is 9.82. The third kappa shape index (κ3) is 3.64. The van der Waals surface area contributed by atoms with Crippen LogP contribution in [-0.4, -0.2) is 10.2 Å². The molecule has 0 bridgehead atoms. The second-order valence-corrected chi connectivity index (χ2v) is 9.17. The molecule has 31 heavy (non-hydrogen) atoms. The molecule has 5 rings (SSSR count). The third-order valence-corrected chi connectivity index (χ3v) is 6.95. The van der Waals surface area contributed by atoms with Gasteiger partial charge in [-0.1, -0.05) is 71.6 Å². The Bertz CT molecular complexity index is 1170. The molecular weight excluding hydrogens is 452 g/mol. The van der Waals surface area contributed by atoms with Gasteiger partial charge in [0, 0.05) is 10.0 Å². The fraction of sp³-hybridized carbons (Fsp3) is 0.280. The largest absolute Gasteiger partial charge is 0.420 e. The monoisotopic (exact) mass is 474 g/mol. The number of rotatable bonds is 3. The van der Waals surface area contributed by atoms with Crippen LogP contribution in [0, 0.1) is 11.3 Å². The quantitative estimate of drug-likeness (QED) is 0.479. The average Bonchev–Trinajstić information content (AvgIpc) is 3.23. The van der Waals surface area contributed by atoms with E-state index in [-0.39, 0.29) is 11.8 Å². The van der Waals surface area contributed by atoms with Gasteiger partial charge in [-0.15, -0.1) is 5.10 Å². The molecule has 1 atom stereocenters. The molecule has 0 amide bonds. The van der Waals surface area contributed by atoms with E-state index in [1.807, 2.05) is 24.3 Å². The molecule has 2 aromatic carbocycles. The van der Waals surface area contributed by atoms with Gasteiger partial charge in [-0.3, -0.25) is 5.10 Å². The topological polar surface area (TPSA) is 87.7 Å². The molecule has 1 unspecified atom stereocenters. The third-order valence-electron chi connectivity index (χ3n) is 6.42. The number of nitriles is 1. The van der Waals surface area contributed by atoms with E-state index < -0.39 is 0 Å². The standard InChI is InChI=1S/C25H23BrN4O/c26-19-12-10-17(11-13-19)21-20(14-27)24(28)31-25-22(21)23(29-30-25)18-8-6-16(7-9-18)15-4-2-1-3-5-15/h6-13,15,21H,1-5,28H2,(H,29,30). The Morgan fingerprint density at radius 1 is 1.00 bits per heavy atom. The maximum absolute atomic E-state index is 9.85. The summed E-state index contributed by atoms with van der Waals surface area (Å²) in [5.74, 6) is 0.850. The van der Waals surface area contributed by atoms with Crippen LogP contribution in [0.3, 0.4) is 0 Å². The van der Waals surface area contributed by atoms with Crippen molar-refractivity contribution in [1.82, 2.24) is 10.2 Å². The number of nitrogens with one attached hydrogen (secondary N) is 1. The van der Waals surface area contributed by atoms with Crippen molar-refractivity contribution < 1.29 is 4.74 Å². The maximum Gasteiger partial charge on any atom is 0.244 e. The second-order valence-electron chi connectivity index (χ2n) is 8.25. The van der Waals surface area contributed by atoms with Crippen molar-refractivity contribution in [3.63, 3.8) is 0 Å². The number of hydrogen-bond acceptors (Lipinski definition) is 4. The van der Waals surface area contributed by atoms with E-state index in [1.54, 1.807) is 0 Å². The Morgan fingerprint density at radius 3 is 2.35 bits per heavy atom. The first-order valence-corrected chi connectivity index (χ1v) is 11.5. The highest BCUT2D eigenvalue weighted by Gasteiger charge is 2.35. The summed E-state index contributed by atoms with van der Waals surface area (Å²) in [6, 6.07) is 18.9. The van der Waals surface area contributed by atoms with Crippen molar-refractivity contribution in [2.75, 3.05) is 0 Å². The molecule has 2 aliphatic rings. The Balaban J connectivity index is 1.57. The summed E-state index contributed by atoms with van der Waals surface area (Å²) >= 11 is 3.48. The zero-order valence-electron chi connectivity index (χ0n) is 17.1. The minimum Gasteiger partial charge on any atom is -0.420 e. The van der Waals surface area contributed by atoms with Crippen molar-refractivity contribution in [2.45, 2.75) is 43.9 Å². The van der Waals surface area contributed by atoms with Gasteiger partial charge in [-0.25, -0.2) is 0 Å². The number of nitrogens with zero attached hydrogens (tertiary/aromatic N) is 2. The Labute approximate surface area is 190 Å². The molecule has 6 heteroatoms. The van der Waals surface area contributed by atoms with Crippen molar-refractivity contribution in [2.24, 2.45) is 5.73 Å². The van der Waals surface area contributed by atoms with Crippen LogP contribution in [0.5, 0.6) is 5.88 Å². The number of hydrogen-bond donors (Lipinski definition) is 2. The van der Waals surface area contributed by atoms with Crippen molar-refractivity contribution >= 4 is 15.9 Å². The van der Waals surface area contributed by atoms with E-state index in [2.05, 4.69) is 56.5 Å². The summed E-state index contributed by atoms with van der Waals surface area (Å²) in [5.41, 5.74) is 11.6. The number of H-pyrrole nitrogens is 1. The second kappa shape index (κ2) is 8.24. The molecule has 3 aromatic rings. The first kappa shape index (κ1) is 19.9. The highest BCUT2D eigenvalue weighted by atomic mass is 79.9. The van der Waals surface area contributed by atoms with Crippen molar-refractivity contribution in [3.05, 3.63) is 81.2 Å². The van der Waals surface area contributed by atoms with E-state index in [9.17, 15) is 5.26 Å². The van der Waals surface area contributed by atoms with Crippen LogP contribution in [0.1, 0.15) is 60.6 Å². The van der Waals surface area contributed by atoms with Gasteiger partial charge in [0.1, 0.15) is 11.6 Å². The number of halogens is 1. The van der Waals surface area contributed by atoms with E-state index in [1.165, 1.54) is 37.7 Å². The summed E-state index contributed by atoms with van der Waals surface area (Å²) in [7, 11) is 0. The predicted octanol–water partition coefficient (Wildman–Crippen LogP) is 6.11. The minimum atomic E-state index is -0.339. The van der Waals surface area contributed by atoms with Crippen LogP contribution in [-0.2, 0) is 0 Å². The van der Waals surface area contributed by atoms with E-state index >= 15 is 0 Å². The SMILES string of the molecule is N#CC1=C(N)Oc2n[nH]c(-c3ccc(C4CCCCC4)cc3)c2C1c1ccc(Br)cc1. The Kier molecular flexibility index (Phi) is 5.29. The molecule has 1 fully saturated rings. The number of allylic oxidation sites excluding steroid dienone is 1. The number of aromatic amines is 1. The molecule has 156 valence electrons. The first-order chi connectivity index (χ1) is 15.2. The molecule has 1 aromatic heterocycles. The fourth-order valence-electron chi connectivity index (χ4n) is 4.81. The minimum absolute atomic E-state index is 0.105. The van der Waals surface area contributed by atoms with Gasteiger partial charge in [-0.05, 0) is 42.0 Å². The molecule has 2 heterocycles. The summed E-state index contributed by atoms with van der Waals surface area (Å²) in [5, 5.41) is 17.4. The Morgan fingerprint density at radius 2 is 1.68 bits per heavy atom. The number of ether oxygens (including phenoxy) is 1. The van der Waals surface area contributed by atoms with Crippen LogP contribution in [0.15, 0.2) is 64.5 Å². The van der Waals surface area contributed by atoms with Crippen LogP contribution < -0.4 is 10.5 Å². The zero-order chi connectivity index (χ0) is 21.4. The highest BCUT2D eigenvalue weighted by Crippen LogP contribution is 2.46. The smallest absolute Gasteiger partial charge is 0.244 e. The zero-order valence-corrected chi connectivity index (χ0v) is 18.7. The van der Waals surface area contributed by atoms with Gasteiger partial charge in [0.05, 0.1) is 17.2 Å². The Hall–Kier alpha value is -3.04. The van der Waals surface area contributed by atoms with Crippen LogP contribution in [0.2, 0.25) is 0 Å². The molecule has 1 saturated carbocycles. The van der Waals surface area contributed by atoms with Gasteiger partial charge < -0.3 is 10.5 Å². The van der Waals surface area contributed by atoms with Crippen LogP contribution in [0.4, 0.5) is 0 Å². The molecule has 3 N–H and O–H groups in total. The number of benzene rings is 2. The van der Waals surface area contributed by atoms with Gasteiger partial charge in [-0.2, -0.15) is 5.26 Å². The molecule has 5 nitrogen and oxygen atoms in total. The molecule has 0 saturated heterocycles. The van der Waals surface area contributed by atoms with Crippen LogP contribution in [0.25, 0.3) is 11.3 Å². The van der Waals surface area contributed by atoms with Crippen LogP contribution >= 0.6 is 15.9 Å². The maximum atomic E-state index is 9.85. The average molecular weight is 475 g/mol. The van der Waals surface area contributed by atoms with Crippen molar-refractivity contribution in [1.29, 1.82) is 5.26 Å². The van der Waals surface area contributed by atoms with E-state index in [0.29, 0.717) is 17.4 Å². The highest BCUT2D eigenvalue weighted by molar-refractivity contribution is 9.10. The number of nitrogens with two attached hydrogens (primary N) is 1. The van der Waals surface area contributed by atoms with Gasteiger partial charge >= 0.3 is 0 Å². The number of fused-ring (bicyclic) bond motifs is 1. The summed E-state index contributed by atoms with van der Waals surface area (Å²) in [6.45, 7) is 0. The molecule has 1 aliphatic heterocycles. The summed E-state index contributed by atoms with van der Waals surface area (Å²) < 4.78 is 6.69. The lowest BCUT2D eigenvalue weighted by molar-refractivity contribution is 0.379. The number of aromatic nitrogens is 2. The predicted molar refractivity (Wildman–Crippen MR) is 123 cm³/mol. The fourth-order valence-corrected chi connectivity index (χ4v) is 5.08. The van der Waals surface area contributed by atoms with Gasteiger partial charge in [0.2, 0.25) is 11.8 Å². The van der Waals surface area contributed by atoms with E-state index in [0.717, 1.165) is 26.9 Å². The van der Waals surface area contributed by atoms with Gasteiger partial charge in [0.15, 0.2) is 0 Å². The molecule has 0 radical (unpaired) electrons. The lowest BCUT2D eigenvalue weighted by Gasteiger charge is -2.24. The van der Waals surface area contributed by atoms with Crippen molar-refractivity contribution in [3.8, 4) is 23.2 Å². The van der Waals surface area contributed by atoms with E-state index in [4.69, 9.17) is 10.5 Å². The summed E-state index contributed by atoms with van der Waals surface area (Å²) in [4.78, 5) is 0. The lowest BCUT2D eigenvalue weighted by Crippen LogP contribution is -2.20. The normalized spacial score (nSPS) is 18.9. The molecular formula is C25H23BrN4O. The molecule has 0 spiro atoms. The first-order valence-electron chi connectivity index (χ1n) is 10.7. The summed E-state index contributed by atoms with van der Waals surface area (Å²) in [6.07, 6.45) is 6.53. The molecule has 1 aliphatic carbocycles. The van der Waals surface area contributed by atoms with Gasteiger partial charge in [0.25, 0.3) is 0 Å².